The fraction of sp³-hybridized carbons (Fsp3) is 0.0800. The zero-order valence-corrected chi connectivity index (χ0v) is 18.2. The number of carbonyl (C=O) groups is 3. The Labute approximate surface area is 193 Å². The van der Waals surface area contributed by atoms with Gasteiger partial charge in [-0.15, -0.1) is 0 Å². The minimum absolute atomic E-state index is 0.0118. The lowest BCUT2D eigenvalue weighted by molar-refractivity contribution is -0.120. The smallest absolute Gasteiger partial charge is 0.282 e. The summed E-state index contributed by atoms with van der Waals surface area (Å²) < 4.78 is 33.5. The van der Waals surface area contributed by atoms with Crippen LogP contribution in [0.1, 0.15) is 12.5 Å². The second-order valence-electron chi connectivity index (χ2n) is 7.40. The van der Waals surface area contributed by atoms with Crippen molar-refractivity contribution < 1.29 is 27.9 Å². The van der Waals surface area contributed by atoms with Crippen molar-refractivity contribution in [1.29, 1.82) is 0 Å². The van der Waals surface area contributed by atoms with Crippen LogP contribution in [0.25, 0.3) is 5.57 Å². The Morgan fingerprint density at radius 1 is 0.882 bits per heavy atom. The summed E-state index contributed by atoms with van der Waals surface area (Å²) >= 11 is 0. The van der Waals surface area contributed by atoms with Gasteiger partial charge in [-0.2, -0.15) is 0 Å². The number of methoxy groups -OCH3 is 1. The van der Waals surface area contributed by atoms with E-state index in [0.717, 1.165) is 18.2 Å². The summed E-state index contributed by atoms with van der Waals surface area (Å²) in [5.41, 5.74) is 0.764. The van der Waals surface area contributed by atoms with Gasteiger partial charge in [0.15, 0.2) is 0 Å². The summed E-state index contributed by atoms with van der Waals surface area (Å²) in [5.74, 6) is -3.06. The number of carbonyl (C=O) groups excluding carboxylic acids is 3. The summed E-state index contributed by atoms with van der Waals surface area (Å²) in [6, 6.07) is 15.4. The molecule has 172 valence electrons. The molecule has 1 heterocycles. The van der Waals surface area contributed by atoms with Crippen molar-refractivity contribution >= 4 is 40.4 Å². The Morgan fingerprint density at radius 2 is 1.53 bits per heavy atom. The number of imide groups is 1. The number of benzene rings is 3. The molecule has 4 rings (SSSR count). The van der Waals surface area contributed by atoms with E-state index in [-0.39, 0.29) is 17.2 Å². The summed E-state index contributed by atoms with van der Waals surface area (Å²) in [5, 5.41) is 5.55. The third-order valence-electron chi connectivity index (χ3n) is 5.09. The minimum Gasteiger partial charge on any atom is -0.497 e. The maximum atomic E-state index is 14.5. The fourth-order valence-corrected chi connectivity index (χ4v) is 3.53. The van der Waals surface area contributed by atoms with Crippen molar-refractivity contribution in [3.8, 4) is 5.75 Å². The van der Waals surface area contributed by atoms with Crippen LogP contribution in [0, 0.1) is 11.6 Å². The first-order valence-electron chi connectivity index (χ1n) is 10.2. The lowest BCUT2D eigenvalue weighted by Crippen LogP contribution is -2.33. The summed E-state index contributed by atoms with van der Waals surface area (Å²) in [7, 11) is 1.49. The van der Waals surface area contributed by atoms with Gasteiger partial charge in [0.2, 0.25) is 5.91 Å². The van der Waals surface area contributed by atoms with Gasteiger partial charge in [-0.3, -0.25) is 14.4 Å². The molecular weight excluding hydrogens is 444 g/mol. The molecule has 34 heavy (non-hydrogen) atoms. The van der Waals surface area contributed by atoms with Crippen LogP contribution in [-0.2, 0) is 14.4 Å². The van der Waals surface area contributed by atoms with Crippen LogP contribution in [0.15, 0.2) is 72.4 Å². The lowest BCUT2D eigenvalue weighted by atomic mass is 10.0. The number of nitrogens with zero attached hydrogens (tertiary/aromatic N) is 1. The molecule has 0 unspecified atom stereocenters. The van der Waals surface area contributed by atoms with Gasteiger partial charge in [0.25, 0.3) is 11.8 Å². The first kappa shape index (κ1) is 22.7. The molecule has 3 amide bonds. The van der Waals surface area contributed by atoms with Crippen LogP contribution < -0.4 is 20.3 Å². The van der Waals surface area contributed by atoms with Gasteiger partial charge in [0.1, 0.15) is 23.1 Å². The maximum absolute atomic E-state index is 14.5. The zero-order chi connectivity index (χ0) is 24.4. The molecule has 3 aromatic rings. The highest BCUT2D eigenvalue weighted by molar-refractivity contribution is 6.46. The quantitative estimate of drug-likeness (QED) is 0.532. The van der Waals surface area contributed by atoms with Crippen molar-refractivity contribution in [2.75, 3.05) is 22.6 Å². The molecule has 1 aliphatic rings. The van der Waals surface area contributed by atoms with E-state index in [1.54, 1.807) is 48.5 Å². The number of ether oxygens (including phenoxy) is 1. The van der Waals surface area contributed by atoms with E-state index >= 15 is 0 Å². The number of amides is 3. The molecule has 7 nitrogen and oxygen atoms in total. The first-order chi connectivity index (χ1) is 16.3. The number of halogens is 2. The van der Waals surface area contributed by atoms with E-state index in [1.807, 2.05) is 0 Å². The molecule has 0 spiro atoms. The lowest BCUT2D eigenvalue weighted by Gasteiger charge is -2.16. The Balaban J connectivity index is 1.77. The van der Waals surface area contributed by atoms with Crippen LogP contribution in [-0.4, -0.2) is 24.8 Å². The topological polar surface area (TPSA) is 87.7 Å². The molecule has 3 aromatic carbocycles. The normalized spacial score (nSPS) is 13.4. The molecule has 0 aliphatic carbocycles. The Morgan fingerprint density at radius 3 is 2.15 bits per heavy atom. The molecule has 1 aliphatic heterocycles. The number of anilines is 3. The van der Waals surface area contributed by atoms with Gasteiger partial charge in [-0.25, -0.2) is 13.7 Å². The van der Waals surface area contributed by atoms with Gasteiger partial charge >= 0.3 is 0 Å². The van der Waals surface area contributed by atoms with Gasteiger partial charge in [0.05, 0.1) is 18.4 Å². The highest BCUT2D eigenvalue weighted by Gasteiger charge is 2.41. The number of nitrogens with one attached hydrogen (secondary N) is 2. The van der Waals surface area contributed by atoms with Gasteiger partial charge in [0, 0.05) is 24.4 Å². The van der Waals surface area contributed by atoms with E-state index in [0.29, 0.717) is 27.6 Å². The summed E-state index contributed by atoms with van der Waals surface area (Å²) in [4.78, 5) is 38.5. The van der Waals surface area contributed by atoms with E-state index in [2.05, 4.69) is 10.6 Å². The third kappa shape index (κ3) is 4.36. The third-order valence-corrected chi connectivity index (χ3v) is 5.09. The number of rotatable bonds is 6. The second-order valence-corrected chi connectivity index (χ2v) is 7.40. The van der Waals surface area contributed by atoms with Crippen LogP contribution in [0.4, 0.5) is 25.8 Å². The molecule has 0 fully saturated rings. The van der Waals surface area contributed by atoms with Crippen molar-refractivity contribution in [3.05, 3.63) is 89.6 Å². The zero-order valence-electron chi connectivity index (χ0n) is 18.2. The second kappa shape index (κ2) is 9.14. The average molecular weight is 463 g/mol. The number of hydrogen-bond acceptors (Lipinski definition) is 5. The number of hydrogen-bond donors (Lipinski definition) is 2. The highest BCUT2D eigenvalue weighted by Crippen LogP contribution is 2.35. The molecule has 0 atom stereocenters. The standard InChI is InChI=1S/C25H19F2N3O4/c1-14(31)28-17-6-8-18(9-7-17)29-23-22(15-3-10-19(34-2)11-4-15)24(32)30(25(23)33)21-13-16(26)5-12-20(21)27/h3-13,29H,1-2H3,(H,28,31). The molecule has 0 radical (unpaired) electrons. The minimum atomic E-state index is -0.918. The van der Waals surface area contributed by atoms with Gasteiger partial charge in [-0.05, 0) is 54.1 Å². The monoisotopic (exact) mass is 463 g/mol. The highest BCUT2D eigenvalue weighted by atomic mass is 19.1. The van der Waals surface area contributed by atoms with Crippen molar-refractivity contribution in [2.24, 2.45) is 0 Å². The van der Waals surface area contributed by atoms with Crippen molar-refractivity contribution in [3.63, 3.8) is 0 Å². The molecule has 0 saturated carbocycles. The largest absolute Gasteiger partial charge is 0.497 e. The average Bonchev–Trinajstić information content (AvgIpc) is 3.05. The van der Waals surface area contributed by atoms with Crippen LogP contribution in [0.2, 0.25) is 0 Å². The molecule has 0 bridgehead atoms. The van der Waals surface area contributed by atoms with E-state index in [9.17, 15) is 23.2 Å². The molecule has 0 saturated heterocycles. The predicted octanol–water partition coefficient (Wildman–Crippen LogP) is 4.33. The Bertz CT molecular complexity index is 1320. The van der Waals surface area contributed by atoms with Crippen LogP contribution >= 0.6 is 0 Å². The van der Waals surface area contributed by atoms with Gasteiger partial charge in [-0.1, -0.05) is 12.1 Å². The Hall–Kier alpha value is -4.53. The fourth-order valence-electron chi connectivity index (χ4n) is 3.53. The molecule has 2 N–H and O–H groups in total. The first-order valence-corrected chi connectivity index (χ1v) is 10.2. The Kier molecular flexibility index (Phi) is 6.09. The van der Waals surface area contributed by atoms with E-state index in [4.69, 9.17) is 4.74 Å². The summed E-state index contributed by atoms with van der Waals surface area (Å²) in [6.07, 6.45) is 0. The predicted molar refractivity (Wildman–Crippen MR) is 123 cm³/mol. The van der Waals surface area contributed by atoms with Crippen molar-refractivity contribution in [1.82, 2.24) is 0 Å². The summed E-state index contributed by atoms with van der Waals surface area (Å²) in [6.45, 7) is 1.38. The van der Waals surface area contributed by atoms with Crippen molar-refractivity contribution in [2.45, 2.75) is 6.92 Å². The van der Waals surface area contributed by atoms with E-state index in [1.165, 1.54) is 14.0 Å². The molecular formula is C25H19F2N3O4. The van der Waals surface area contributed by atoms with Gasteiger partial charge < -0.3 is 15.4 Å². The molecule has 9 heteroatoms. The molecule has 0 aromatic heterocycles. The maximum Gasteiger partial charge on any atom is 0.282 e. The van der Waals surface area contributed by atoms with Crippen LogP contribution in [0.3, 0.4) is 0 Å². The SMILES string of the molecule is COc1ccc(C2=C(Nc3ccc(NC(C)=O)cc3)C(=O)N(c3cc(F)ccc3F)C2=O)cc1. The van der Waals surface area contributed by atoms with Crippen LogP contribution in [0.5, 0.6) is 5.75 Å². The van der Waals surface area contributed by atoms with E-state index < -0.39 is 29.1 Å².